The van der Waals surface area contributed by atoms with Crippen LogP contribution in [0.3, 0.4) is 0 Å². The third-order valence-electron chi connectivity index (χ3n) is 2.87. The molecule has 0 saturated carbocycles. The van der Waals surface area contributed by atoms with Gasteiger partial charge in [-0.1, -0.05) is 34.1 Å². The average molecular weight is 322 g/mol. The van der Waals surface area contributed by atoms with E-state index in [9.17, 15) is 4.79 Å². The molecule has 1 unspecified atom stereocenters. The summed E-state index contributed by atoms with van der Waals surface area (Å²) in [6.45, 7) is 3.89. The van der Waals surface area contributed by atoms with Gasteiger partial charge in [-0.3, -0.25) is 9.48 Å². The van der Waals surface area contributed by atoms with Crippen LogP contribution in [-0.4, -0.2) is 15.7 Å². The van der Waals surface area contributed by atoms with Gasteiger partial charge in [0.15, 0.2) is 0 Å². The maximum Gasteiger partial charge on any atom is 0.273 e. The predicted octanol–water partition coefficient (Wildman–Crippen LogP) is 3.44. The monoisotopic (exact) mass is 321 g/mol. The van der Waals surface area contributed by atoms with Crippen LogP contribution in [0.4, 0.5) is 5.69 Å². The van der Waals surface area contributed by atoms with Gasteiger partial charge in [0, 0.05) is 17.6 Å². The van der Waals surface area contributed by atoms with Gasteiger partial charge >= 0.3 is 0 Å². The molecule has 0 bridgehead atoms. The summed E-state index contributed by atoms with van der Waals surface area (Å²) < 4.78 is 1.59. The number of aromatic nitrogens is 2. The molecule has 1 aromatic carbocycles. The van der Waals surface area contributed by atoms with Gasteiger partial charge in [0.2, 0.25) is 0 Å². The molecule has 1 amide bonds. The molecule has 5 heteroatoms. The molecule has 0 radical (unpaired) electrons. The summed E-state index contributed by atoms with van der Waals surface area (Å²) >= 11 is 3.53. The van der Waals surface area contributed by atoms with Crippen molar-refractivity contribution in [3.8, 4) is 0 Å². The Balaban J connectivity index is 2.27. The summed E-state index contributed by atoms with van der Waals surface area (Å²) in [4.78, 5) is 12.4. The fraction of sp³-hybridized carbons (Fsp3) is 0.286. The number of rotatable bonds is 3. The Morgan fingerprint density at radius 1 is 1.42 bits per heavy atom. The van der Waals surface area contributed by atoms with E-state index in [4.69, 9.17) is 0 Å². The minimum absolute atomic E-state index is 0.149. The average Bonchev–Trinajstić information content (AvgIpc) is 2.69. The lowest BCUT2D eigenvalue weighted by atomic mass is 10.1. The van der Waals surface area contributed by atoms with E-state index in [2.05, 4.69) is 26.3 Å². The molecular formula is C14H16BrN3O. The molecule has 1 aromatic heterocycles. The largest absolute Gasteiger partial charge is 0.320 e. The standard InChI is InChI=1S/C14H16BrN3O/c1-9-8-13(18(3)17-9)14(19)16-12-7-5-4-6-11(12)10(2)15/h4-8,10H,1-3H3,(H,16,19). The summed E-state index contributed by atoms with van der Waals surface area (Å²) in [6.07, 6.45) is 0. The smallest absolute Gasteiger partial charge is 0.273 e. The van der Waals surface area contributed by atoms with Crippen molar-refractivity contribution in [1.82, 2.24) is 9.78 Å². The Bertz CT molecular complexity index is 604. The van der Waals surface area contributed by atoms with Crippen molar-refractivity contribution in [1.29, 1.82) is 0 Å². The van der Waals surface area contributed by atoms with Gasteiger partial charge in [-0.05, 0) is 31.5 Å². The number of alkyl halides is 1. The second kappa shape index (κ2) is 5.57. The zero-order valence-corrected chi connectivity index (χ0v) is 12.7. The van der Waals surface area contributed by atoms with E-state index in [0.29, 0.717) is 5.69 Å². The summed E-state index contributed by atoms with van der Waals surface area (Å²) in [5, 5.41) is 7.11. The minimum atomic E-state index is -0.149. The van der Waals surface area contributed by atoms with Gasteiger partial charge in [-0.25, -0.2) is 0 Å². The van der Waals surface area contributed by atoms with E-state index >= 15 is 0 Å². The lowest BCUT2D eigenvalue weighted by Crippen LogP contribution is -2.17. The SMILES string of the molecule is Cc1cc(C(=O)Nc2ccccc2C(C)Br)n(C)n1. The maximum absolute atomic E-state index is 12.2. The highest BCUT2D eigenvalue weighted by molar-refractivity contribution is 9.09. The van der Waals surface area contributed by atoms with Crippen LogP contribution in [0.25, 0.3) is 0 Å². The maximum atomic E-state index is 12.2. The zero-order valence-electron chi connectivity index (χ0n) is 11.1. The molecular weight excluding hydrogens is 306 g/mol. The van der Waals surface area contributed by atoms with Crippen LogP contribution in [0.5, 0.6) is 0 Å². The van der Waals surface area contributed by atoms with Crippen molar-refractivity contribution < 1.29 is 4.79 Å². The van der Waals surface area contributed by atoms with Crippen molar-refractivity contribution in [2.24, 2.45) is 7.05 Å². The summed E-state index contributed by atoms with van der Waals surface area (Å²) in [5.74, 6) is -0.149. The molecule has 0 aliphatic heterocycles. The molecule has 0 saturated heterocycles. The van der Waals surface area contributed by atoms with Crippen molar-refractivity contribution >= 4 is 27.5 Å². The zero-order chi connectivity index (χ0) is 14.0. The van der Waals surface area contributed by atoms with E-state index in [0.717, 1.165) is 16.9 Å². The molecule has 0 aliphatic carbocycles. The van der Waals surface area contributed by atoms with Gasteiger partial charge in [0.25, 0.3) is 5.91 Å². The number of nitrogens with zero attached hydrogens (tertiary/aromatic N) is 2. The second-order valence-electron chi connectivity index (χ2n) is 4.45. The van der Waals surface area contributed by atoms with Crippen LogP contribution in [-0.2, 0) is 7.05 Å². The fourth-order valence-electron chi connectivity index (χ4n) is 1.97. The number of hydrogen-bond donors (Lipinski definition) is 1. The number of anilines is 1. The van der Waals surface area contributed by atoms with Crippen LogP contribution in [0.1, 0.15) is 33.5 Å². The molecule has 0 fully saturated rings. The normalized spacial score (nSPS) is 12.2. The predicted molar refractivity (Wildman–Crippen MR) is 79.7 cm³/mol. The molecule has 0 spiro atoms. The van der Waals surface area contributed by atoms with Gasteiger partial charge in [-0.2, -0.15) is 5.10 Å². The van der Waals surface area contributed by atoms with Crippen LogP contribution in [0.15, 0.2) is 30.3 Å². The molecule has 0 aliphatic rings. The molecule has 1 heterocycles. The second-order valence-corrected chi connectivity index (χ2v) is 5.83. The first-order chi connectivity index (χ1) is 8.99. The first kappa shape index (κ1) is 13.8. The Morgan fingerprint density at radius 3 is 2.68 bits per heavy atom. The number of para-hydroxylation sites is 1. The van der Waals surface area contributed by atoms with E-state index in [1.165, 1.54) is 0 Å². The van der Waals surface area contributed by atoms with E-state index in [1.54, 1.807) is 17.8 Å². The highest BCUT2D eigenvalue weighted by Gasteiger charge is 2.14. The van der Waals surface area contributed by atoms with E-state index in [1.807, 2.05) is 38.1 Å². The number of halogens is 1. The quantitative estimate of drug-likeness (QED) is 0.880. The highest BCUT2D eigenvalue weighted by atomic mass is 79.9. The summed E-state index contributed by atoms with van der Waals surface area (Å²) in [7, 11) is 1.76. The van der Waals surface area contributed by atoms with Gasteiger partial charge in [0.05, 0.1) is 5.69 Å². The molecule has 4 nitrogen and oxygen atoms in total. The Kier molecular flexibility index (Phi) is 4.04. The van der Waals surface area contributed by atoms with Crippen LogP contribution < -0.4 is 5.32 Å². The van der Waals surface area contributed by atoms with Crippen LogP contribution >= 0.6 is 15.9 Å². The third kappa shape index (κ3) is 3.04. The molecule has 19 heavy (non-hydrogen) atoms. The minimum Gasteiger partial charge on any atom is -0.320 e. The number of hydrogen-bond acceptors (Lipinski definition) is 2. The molecule has 1 atom stereocenters. The lowest BCUT2D eigenvalue weighted by molar-refractivity contribution is 0.101. The van der Waals surface area contributed by atoms with E-state index in [-0.39, 0.29) is 10.7 Å². The highest BCUT2D eigenvalue weighted by Crippen LogP contribution is 2.28. The van der Waals surface area contributed by atoms with E-state index < -0.39 is 0 Å². The fourth-order valence-corrected chi connectivity index (χ4v) is 2.37. The molecule has 1 N–H and O–H groups in total. The third-order valence-corrected chi connectivity index (χ3v) is 3.37. The Hall–Kier alpha value is -1.62. The number of aryl methyl sites for hydroxylation is 2. The number of benzene rings is 1. The van der Waals surface area contributed by atoms with Crippen LogP contribution in [0, 0.1) is 6.92 Å². The van der Waals surface area contributed by atoms with Gasteiger partial charge in [-0.15, -0.1) is 0 Å². The molecule has 2 rings (SSSR count). The first-order valence-corrected chi connectivity index (χ1v) is 6.95. The van der Waals surface area contributed by atoms with Gasteiger partial charge < -0.3 is 5.32 Å². The molecule has 2 aromatic rings. The van der Waals surface area contributed by atoms with Crippen molar-refractivity contribution in [2.45, 2.75) is 18.7 Å². The molecule has 100 valence electrons. The van der Waals surface area contributed by atoms with Crippen molar-refractivity contribution in [2.75, 3.05) is 5.32 Å². The topological polar surface area (TPSA) is 46.9 Å². The Morgan fingerprint density at radius 2 is 2.11 bits per heavy atom. The summed E-state index contributed by atoms with van der Waals surface area (Å²) in [5.41, 5.74) is 3.25. The van der Waals surface area contributed by atoms with Crippen LogP contribution in [0.2, 0.25) is 0 Å². The summed E-state index contributed by atoms with van der Waals surface area (Å²) in [6, 6.07) is 9.52. The number of carbonyl (C=O) groups is 1. The lowest BCUT2D eigenvalue weighted by Gasteiger charge is -2.12. The van der Waals surface area contributed by atoms with Crippen molar-refractivity contribution in [3.05, 3.63) is 47.3 Å². The Labute approximate surface area is 120 Å². The number of carbonyl (C=O) groups excluding carboxylic acids is 1. The number of nitrogens with one attached hydrogen (secondary N) is 1. The van der Waals surface area contributed by atoms with Crippen molar-refractivity contribution in [3.63, 3.8) is 0 Å². The number of amides is 1. The van der Waals surface area contributed by atoms with Gasteiger partial charge in [0.1, 0.15) is 5.69 Å². The first-order valence-electron chi connectivity index (χ1n) is 6.04.